The van der Waals surface area contributed by atoms with Gasteiger partial charge in [-0.05, 0) is 49.8 Å². The van der Waals surface area contributed by atoms with Crippen LogP contribution in [0.5, 0.6) is 5.75 Å². The normalized spacial score (nSPS) is 19.2. The topological polar surface area (TPSA) is 143 Å². The van der Waals surface area contributed by atoms with Crippen LogP contribution in [0.2, 0.25) is 0 Å². The van der Waals surface area contributed by atoms with Crippen molar-refractivity contribution in [2.75, 3.05) is 19.7 Å². The Hall–Kier alpha value is -4.10. The molecule has 2 heterocycles. The summed E-state index contributed by atoms with van der Waals surface area (Å²) < 4.78 is 45.2. The number of amides is 4. The van der Waals surface area contributed by atoms with Gasteiger partial charge in [0.1, 0.15) is 17.8 Å². The summed E-state index contributed by atoms with van der Waals surface area (Å²) in [5.74, 6) is -1.46. The summed E-state index contributed by atoms with van der Waals surface area (Å²) >= 11 is 0. The summed E-state index contributed by atoms with van der Waals surface area (Å²) in [5.41, 5.74) is -0.803. The second-order valence-corrected chi connectivity index (χ2v) is 10.4. The first-order valence-electron chi connectivity index (χ1n) is 13.9. The molecule has 11 nitrogen and oxygen atoms in total. The number of carbonyl (C=O) groups is 4. The SMILES string of the molecule is CC(C)C[C@@H]1NC(=O)CC[C@@H](C(=O)NCCCn2ccc(C(F)(F)F)n2)NC(=O)c2ccccc2OCCCNC1=O. The molecule has 0 saturated carbocycles. The largest absolute Gasteiger partial charge is 0.493 e. The van der Waals surface area contributed by atoms with Crippen molar-refractivity contribution in [3.63, 3.8) is 0 Å². The molecule has 0 saturated heterocycles. The van der Waals surface area contributed by atoms with Crippen LogP contribution in [-0.4, -0.2) is 65.2 Å². The zero-order chi connectivity index (χ0) is 30.7. The fourth-order valence-corrected chi connectivity index (χ4v) is 4.33. The summed E-state index contributed by atoms with van der Waals surface area (Å²) in [7, 11) is 0. The number of aryl methyl sites for hydroxylation is 1. The lowest BCUT2D eigenvalue weighted by Gasteiger charge is -2.22. The van der Waals surface area contributed by atoms with Gasteiger partial charge in [0.05, 0.1) is 12.2 Å². The average Bonchev–Trinajstić information content (AvgIpc) is 3.42. The molecule has 1 aromatic carbocycles. The lowest BCUT2D eigenvalue weighted by Crippen LogP contribution is -2.49. The van der Waals surface area contributed by atoms with Gasteiger partial charge in [0.25, 0.3) is 5.91 Å². The molecular formula is C28H37F3N6O5. The van der Waals surface area contributed by atoms with E-state index >= 15 is 0 Å². The van der Waals surface area contributed by atoms with Crippen molar-refractivity contribution in [3.05, 3.63) is 47.8 Å². The molecule has 2 aromatic rings. The molecule has 1 aliphatic rings. The molecule has 1 aromatic heterocycles. The molecular weight excluding hydrogens is 557 g/mol. The molecule has 0 aliphatic carbocycles. The fourth-order valence-electron chi connectivity index (χ4n) is 4.33. The minimum absolute atomic E-state index is 0.0590. The third kappa shape index (κ3) is 10.1. The summed E-state index contributed by atoms with van der Waals surface area (Å²) in [4.78, 5) is 51.8. The number of ether oxygens (including phenoxy) is 1. The van der Waals surface area contributed by atoms with Crippen molar-refractivity contribution in [2.24, 2.45) is 5.92 Å². The van der Waals surface area contributed by atoms with Crippen LogP contribution < -0.4 is 26.0 Å². The molecule has 2 atom stereocenters. The molecule has 3 rings (SSSR count). The van der Waals surface area contributed by atoms with Gasteiger partial charge in [-0.2, -0.15) is 18.3 Å². The first-order chi connectivity index (χ1) is 19.9. The van der Waals surface area contributed by atoms with Crippen LogP contribution in [0.25, 0.3) is 0 Å². The highest BCUT2D eigenvalue weighted by molar-refractivity contribution is 5.99. The summed E-state index contributed by atoms with van der Waals surface area (Å²) in [6.45, 7) is 4.62. The van der Waals surface area contributed by atoms with Crippen LogP contribution in [0.4, 0.5) is 13.2 Å². The van der Waals surface area contributed by atoms with E-state index in [-0.39, 0.29) is 56.3 Å². The molecule has 0 fully saturated rings. The summed E-state index contributed by atoms with van der Waals surface area (Å²) in [5, 5.41) is 14.4. The van der Waals surface area contributed by atoms with Crippen molar-refractivity contribution in [1.82, 2.24) is 31.0 Å². The van der Waals surface area contributed by atoms with Gasteiger partial charge in [-0.15, -0.1) is 0 Å². The van der Waals surface area contributed by atoms with Gasteiger partial charge in [0, 0.05) is 32.3 Å². The average molecular weight is 595 g/mol. The molecule has 14 heteroatoms. The van der Waals surface area contributed by atoms with Crippen molar-refractivity contribution in [2.45, 2.75) is 70.8 Å². The monoisotopic (exact) mass is 594 g/mol. The van der Waals surface area contributed by atoms with E-state index in [2.05, 4.69) is 26.4 Å². The Bertz CT molecular complexity index is 1230. The lowest BCUT2D eigenvalue weighted by atomic mass is 10.0. The number of hydrogen-bond acceptors (Lipinski definition) is 6. The molecule has 230 valence electrons. The number of rotatable bonds is 7. The van der Waals surface area contributed by atoms with Gasteiger partial charge in [-0.1, -0.05) is 26.0 Å². The Morgan fingerprint density at radius 1 is 1.17 bits per heavy atom. The number of alkyl halides is 3. The number of aromatic nitrogens is 2. The van der Waals surface area contributed by atoms with Gasteiger partial charge in [0.2, 0.25) is 17.7 Å². The van der Waals surface area contributed by atoms with E-state index in [0.29, 0.717) is 25.1 Å². The van der Waals surface area contributed by atoms with Crippen LogP contribution in [0.15, 0.2) is 36.5 Å². The van der Waals surface area contributed by atoms with E-state index in [4.69, 9.17) is 4.74 Å². The van der Waals surface area contributed by atoms with Crippen molar-refractivity contribution >= 4 is 23.6 Å². The lowest BCUT2D eigenvalue weighted by molar-refractivity contribution is -0.141. The number of hydrogen-bond donors (Lipinski definition) is 4. The molecule has 0 spiro atoms. The smallest absolute Gasteiger partial charge is 0.435 e. The van der Waals surface area contributed by atoms with Crippen molar-refractivity contribution in [1.29, 1.82) is 0 Å². The van der Waals surface area contributed by atoms with Gasteiger partial charge in [0.15, 0.2) is 5.69 Å². The maximum Gasteiger partial charge on any atom is 0.435 e. The van der Waals surface area contributed by atoms with Gasteiger partial charge < -0.3 is 26.0 Å². The van der Waals surface area contributed by atoms with Crippen molar-refractivity contribution in [3.8, 4) is 5.75 Å². The van der Waals surface area contributed by atoms with E-state index in [0.717, 1.165) is 10.7 Å². The zero-order valence-electron chi connectivity index (χ0n) is 23.6. The maximum atomic E-state index is 13.2. The van der Waals surface area contributed by atoms with E-state index < -0.39 is 41.7 Å². The highest BCUT2D eigenvalue weighted by Gasteiger charge is 2.33. The molecule has 0 bridgehead atoms. The van der Waals surface area contributed by atoms with Gasteiger partial charge in [-0.3, -0.25) is 23.9 Å². The molecule has 0 unspecified atom stereocenters. The summed E-state index contributed by atoms with van der Waals surface area (Å²) in [6, 6.07) is 5.53. The minimum Gasteiger partial charge on any atom is -0.493 e. The highest BCUT2D eigenvalue weighted by Crippen LogP contribution is 2.27. The predicted molar refractivity (Wildman–Crippen MR) is 146 cm³/mol. The Balaban J connectivity index is 1.70. The van der Waals surface area contributed by atoms with Gasteiger partial charge >= 0.3 is 6.18 Å². The van der Waals surface area contributed by atoms with Gasteiger partial charge in [-0.25, -0.2) is 0 Å². The third-order valence-electron chi connectivity index (χ3n) is 6.44. The first-order valence-corrected chi connectivity index (χ1v) is 13.9. The number of nitrogens with one attached hydrogen (secondary N) is 4. The minimum atomic E-state index is -4.55. The fraction of sp³-hybridized carbons (Fsp3) is 0.536. The molecule has 4 N–H and O–H groups in total. The predicted octanol–water partition coefficient (Wildman–Crippen LogP) is 2.42. The standard InChI is InChI=1S/C28H37F3N6O5/c1-18(2)17-21-27(41)33-13-6-16-42-22-8-4-3-7-19(22)25(39)35-20(9-10-24(38)34-21)26(40)32-12-5-14-37-15-11-23(36-37)28(29,30)31/h3-4,7-8,11,15,18,20-21H,5-6,9-10,12-14,16-17H2,1-2H3,(H,32,40)(H,33,41)(H,34,38)(H,35,39)/t20-,21-/m0/s1. The quantitative estimate of drug-likeness (QED) is 0.363. The van der Waals surface area contributed by atoms with Crippen LogP contribution in [0, 0.1) is 5.92 Å². The number of benzene rings is 1. The molecule has 0 radical (unpaired) electrons. The molecule has 1 aliphatic heterocycles. The maximum absolute atomic E-state index is 13.2. The highest BCUT2D eigenvalue weighted by atomic mass is 19.4. The first kappa shape index (κ1) is 32.4. The Morgan fingerprint density at radius 2 is 1.93 bits per heavy atom. The Morgan fingerprint density at radius 3 is 2.64 bits per heavy atom. The summed E-state index contributed by atoms with van der Waals surface area (Å²) in [6.07, 6.45) is -2.39. The van der Waals surface area contributed by atoms with Crippen LogP contribution in [-0.2, 0) is 27.1 Å². The zero-order valence-corrected chi connectivity index (χ0v) is 23.6. The Kier molecular flexibility index (Phi) is 11.7. The van der Waals surface area contributed by atoms with E-state index in [1.807, 2.05) is 13.8 Å². The van der Waals surface area contributed by atoms with Crippen LogP contribution in [0.1, 0.15) is 62.0 Å². The van der Waals surface area contributed by atoms with Crippen LogP contribution >= 0.6 is 0 Å². The molecule has 4 amide bonds. The number of halogens is 3. The van der Waals surface area contributed by atoms with Crippen LogP contribution in [0.3, 0.4) is 0 Å². The van der Waals surface area contributed by atoms with E-state index in [1.54, 1.807) is 24.3 Å². The number of nitrogens with zero attached hydrogens (tertiary/aromatic N) is 2. The molecule has 42 heavy (non-hydrogen) atoms. The number of para-hydroxylation sites is 1. The third-order valence-corrected chi connectivity index (χ3v) is 6.44. The Labute approximate surface area is 241 Å². The van der Waals surface area contributed by atoms with E-state index in [1.165, 1.54) is 6.20 Å². The number of carbonyl (C=O) groups excluding carboxylic acids is 4. The van der Waals surface area contributed by atoms with Crippen molar-refractivity contribution < 1.29 is 37.1 Å². The second kappa shape index (κ2) is 15.2. The van der Waals surface area contributed by atoms with E-state index in [9.17, 15) is 32.3 Å². The second-order valence-electron chi connectivity index (χ2n) is 10.4. The number of fused-ring (bicyclic) bond motifs is 1.